The van der Waals surface area contributed by atoms with E-state index in [0.717, 1.165) is 11.1 Å². The van der Waals surface area contributed by atoms with Gasteiger partial charge in [0.15, 0.2) is 5.76 Å². The largest absolute Gasteiger partial charge is 0.459 e. The molecule has 6 nitrogen and oxygen atoms in total. The van der Waals surface area contributed by atoms with E-state index in [1.165, 1.54) is 6.26 Å². The number of nitrogens with one attached hydrogen (secondary N) is 2. The fraction of sp³-hybridized carbons (Fsp3) is 0.0952. The number of carbonyl (C=O) groups is 2. The standard InChI is InChI=1S/C21H19N3O3/c1-14-5-3-6-17(13-14)20(25)24-23-15(2)16-8-10-18(11-9-16)22-21(26)19-7-4-12-27-19/h3-13H,1-2H3,(H,22,26)(H,24,25). The number of hydrazone groups is 1. The lowest BCUT2D eigenvalue weighted by Gasteiger charge is -2.06. The van der Waals surface area contributed by atoms with Gasteiger partial charge in [-0.15, -0.1) is 0 Å². The first-order valence-corrected chi connectivity index (χ1v) is 8.39. The molecule has 0 saturated carbocycles. The molecule has 0 bridgehead atoms. The van der Waals surface area contributed by atoms with Crippen molar-refractivity contribution in [3.8, 4) is 0 Å². The molecule has 3 rings (SSSR count). The highest BCUT2D eigenvalue weighted by molar-refractivity contribution is 6.03. The van der Waals surface area contributed by atoms with Gasteiger partial charge in [0.25, 0.3) is 11.8 Å². The van der Waals surface area contributed by atoms with Gasteiger partial charge in [-0.2, -0.15) is 5.10 Å². The number of hydrogen-bond donors (Lipinski definition) is 2. The van der Waals surface area contributed by atoms with Crippen LogP contribution in [0.1, 0.15) is 39.0 Å². The number of rotatable bonds is 5. The third-order valence-electron chi connectivity index (χ3n) is 3.91. The van der Waals surface area contributed by atoms with Crippen molar-refractivity contribution in [2.75, 3.05) is 5.32 Å². The minimum absolute atomic E-state index is 0.246. The average molecular weight is 361 g/mol. The Morgan fingerprint density at radius 1 is 0.926 bits per heavy atom. The smallest absolute Gasteiger partial charge is 0.291 e. The lowest BCUT2D eigenvalue weighted by molar-refractivity contribution is 0.0953. The second-order valence-electron chi connectivity index (χ2n) is 6.02. The Bertz CT molecular complexity index is 974. The number of hydrogen-bond acceptors (Lipinski definition) is 4. The van der Waals surface area contributed by atoms with Gasteiger partial charge in [-0.25, -0.2) is 5.43 Å². The van der Waals surface area contributed by atoms with E-state index in [-0.39, 0.29) is 17.6 Å². The Hall–Kier alpha value is -3.67. The third kappa shape index (κ3) is 4.70. The maximum atomic E-state index is 12.1. The maximum absolute atomic E-state index is 12.1. The maximum Gasteiger partial charge on any atom is 0.291 e. The number of anilines is 1. The number of furan rings is 1. The van der Waals surface area contributed by atoms with Crippen molar-refractivity contribution >= 4 is 23.2 Å². The molecule has 1 aromatic heterocycles. The van der Waals surface area contributed by atoms with Crippen LogP contribution in [0.15, 0.2) is 76.4 Å². The topological polar surface area (TPSA) is 83.7 Å². The first kappa shape index (κ1) is 18.1. The molecule has 0 aliphatic rings. The molecular weight excluding hydrogens is 342 g/mol. The molecule has 2 N–H and O–H groups in total. The molecule has 6 heteroatoms. The highest BCUT2D eigenvalue weighted by Crippen LogP contribution is 2.12. The van der Waals surface area contributed by atoms with Crippen LogP contribution in [0.3, 0.4) is 0 Å². The Morgan fingerprint density at radius 2 is 1.70 bits per heavy atom. The van der Waals surface area contributed by atoms with E-state index < -0.39 is 0 Å². The molecule has 136 valence electrons. The van der Waals surface area contributed by atoms with Crippen LogP contribution in [0.2, 0.25) is 0 Å². The molecule has 0 fully saturated rings. The van der Waals surface area contributed by atoms with Gasteiger partial charge >= 0.3 is 0 Å². The summed E-state index contributed by atoms with van der Waals surface area (Å²) < 4.78 is 5.06. The quantitative estimate of drug-likeness (QED) is 0.532. The van der Waals surface area contributed by atoms with Crippen LogP contribution in [0, 0.1) is 6.92 Å². The zero-order chi connectivity index (χ0) is 19.2. The van der Waals surface area contributed by atoms with E-state index in [4.69, 9.17) is 4.42 Å². The Labute approximate surface area is 156 Å². The fourth-order valence-corrected chi connectivity index (χ4v) is 2.45. The van der Waals surface area contributed by atoms with Gasteiger partial charge in [-0.05, 0) is 55.8 Å². The Balaban J connectivity index is 1.63. The molecule has 1 heterocycles. The van der Waals surface area contributed by atoms with E-state index in [2.05, 4.69) is 15.8 Å². The number of nitrogens with zero attached hydrogens (tertiary/aromatic N) is 1. The second kappa shape index (κ2) is 8.14. The van der Waals surface area contributed by atoms with Crippen molar-refractivity contribution in [2.24, 2.45) is 5.10 Å². The van der Waals surface area contributed by atoms with Crippen LogP contribution in [-0.2, 0) is 0 Å². The third-order valence-corrected chi connectivity index (χ3v) is 3.91. The van der Waals surface area contributed by atoms with Gasteiger partial charge < -0.3 is 9.73 Å². The number of carbonyl (C=O) groups excluding carboxylic acids is 2. The molecule has 0 spiro atoms. The van der Waals surface area contributed by atoms with Crippen LogP contribution in [-0.4, -0.2) is 17.5 Å². The average Bonchev–Trinajstić information content (AvgIpc) is 3.21. The van der Waals surface area contributed by atoms with E-state index in [0.29, 0.717) is 17.0 Å². The minimum Gasteiger partial charge on any atom is -0.459 e. The highest BCUT2D eigenvalue weighted by Gasteiger charge is 2.09. The number of benzene rings is 2. The first-order chi connectivity index (χ1) is 13.0. The van der Waals surface area contributed by atoms with E-state index in [1.54, 1.807) is 43.3 Å². The predicted molar refractivity (Wildman–Crippen MR) is 104 cm³/mol. The van der Waals surface area contributed by atoms with Crippen LogP contribution in [0.4, 0.5) is 5.69 Å². The summed E-state index contributed by atoms with van der Waals surface area (Å²) in [7, 11) is 0. The van der Waals surface area contributed by atoms with Gasteiger partial charge in [-0.3, -0.25) is 9.59 Å². The fourth-order valence-electron chi connectivity index (χ4n) is 2.45. The van der Waals surface area contributed by atoms with Gasteiger partial charge in [0.1, 0.15) is 0 Å². The molecule has 0 aliphatic heterocycles. The minimum atomic E-state index is -0.316. The molecule has 0 saturated heterocycles. The first-order valence-electron chi connectivity index (χ1n) is 8.39. The van der Waals surface area contributed by atoms with E-state index in [9.17, 15) is 9.59 Å². The predicted octanol–water partition coefficient (Wildman–Crippen LogP) is 3.99. The van der Waals surface area contributed by atoms with Crippen molar-refractivity contribution < 1.29 is 14.0 Å². The van der Waals surface area contributed by atoms with Crippen LogP contribution in [0.5, 0.6) is 0 Å². The number of aryl methyl sites for hydroxylation is 1. The summed E-state index contributed by atoms with van der Waals surface area (Å²) >= 11 is 0. The van der Waals surface area contributed by atoms with Crippen LogP contribution in [0.25, 0.3) is 0 Å². The van der Waals surface area contributed by atoms with Crippen molar-refractivity contribution in [1.82, 2.24) is 5.43 Å². The summed E-state index contributed by atoms with van der Waals surface area (Å²) in [4.78, 5) is 24.1. The molecule has 2 amide bonds. The van der Waals surface area contributed by atoms with E-state index >= 15 is 0 Å². The van der Waals surface area contributed by atoms with Gasteiger partial charge in [0.05, 0.1) is 12.0 Å². The summed E-state index contributed by atoms with van der Waals surface area (Å²) in [6.07, 6.45) is 1.45. The lowest BCUT2D eigenvalue weighted by Crippen LogP contribution is -2.19. The van der Waals surface area contributed by atoms with Crippen molar-refractivity contribution in [2.45, 2.75) is 13.8 Å². The summed E-state index contributed by atoms with van der Waals surface area (Å²) in [6, 6.07) is 17.7. The molecule has 27 heavy (non-hydrogen) atoms. The Kier molecular flexibility index (Phi) is 5.47. The number of amides is 2. The zero-order valence-electron chi connectivity index (χ0n) is 15.0. The van der Waals surface area contributed by atoms with Crippen molar-refractivity contribution in [3.63, 3.8) is 0 Å². The summed E-state index contributed by atoms with van der Waals surface area (Å²) in [5.74, 6) is -0.334. The molecule has 2 aromatic carbocycles. The monoisotopic (exact) mass is 361 g/mol. The van der Waals surface area contributed by atoms with Crippen LogP contribution < -0.4 is 10.7 Å². The zero-order valence-corrected chi connectivity index (χ0v) is 15.0. The van der Waals surface area contributed by atoms with Gasteiger partial charge in [0.2, 0.25) is 0 Å². The summed E-state index contributed by atoms with van der Waals surface area (Å²) in [6.45, 7) is 3.73. The molecular formula is C21H19N3O3. The summed E-state index contributed by atoms with van der Waals surface area (Å²) in [5.41, 5.74) is 6.24. The SMILES string of the molecule is CC(=NNC(=O)c1cccc(C)c1)c1ccc(NC(=O)c2ccco2)cc1. The Morgan fingerprint density at radius 3 is 2.37 bits per heavy atom. The summed E-state index contributed by atoms with van der Waals surface area (Å²) in [5, 5.41) is 6.89. The van der Waals surface area contributed by atoms with Gasteiger partial charge in [0, 0.05) is 11.3 Å². The molecule has 0 unspecified atom stereocenters. The molecule has 3 aromatic rings. The highest BCUT2D eigenvalue weighted by atomic mass is 16.3. The van der Waals surface area contributed by atoms with E-state index in [1.807, 2.05) is 31.2 Å². The van der Waals surface area contributed by atoms with Crippen molar-refractivity contribution in [3.05, 3.63) is 89.4 Å². The van der Waals surface area contributed by atoms with Crippen molar-refractivity contribution in [1.29, 1.82) is 0 Å². The normalized spacial score (nSPS) is 11.1. The van der Waals surface area contributed by atoms with Gasteiger partial charge in [-0.1, -0.05) is 29.8 Å². The molecule has 0 atom stereocenters. The molecule has 0 aliphatic carbocycles. The lowest BCUT2D eigenvalue weighted by atomic mass is 10.1. The molecule has 0 radical (unpaired) electrons. The second-order valence-corrected chi connectivity index (χ2v) is 6.02. The van der Waals surface area contributed by atoms with Crippen LogP contribution >= 0.6 is 0 Å².